The lowest BCUT2D eigenvalue weighted by Gasteiger charge is -2.36. The normalized spacial score (nSPS) is 36.2. The van der Waals surface area contributed by atoms with Crippen molar-refractivity contribution in [3.05, 3.63) is 18.2 Å². The Bertz CT molecular complexity index is 825. The second-order valence-corrected chi connectivity index (χ2v) is 8.44. The molecular weight excluding hydrogens is 382 g/mol. The molecule has 1 N–H and O–H groups in total. The van der Waals surface area contributed by atoms with Crippen molar-refractivity contribution in [1.29, 1.82) is 0 Å². The van der Waals surface area contributed by atoms with Crippen molar-refractivity contribution in [1.82, 2.24) is 0 Å². The second-order valence-electron chi connectivity index (χ2n) is 8.44. The first-order chi connectivity index (χ1) is 13.7. The zero-order chi connectivity index (χ0) is 20.4. The summed E-state index contributed by atoms with van der Waals surface area (Å²) in [5.74, 6) is -0.813. The van der Waals surface area contributed by atoms with Gasteiger partial charge in [0.2, 0.25) is 0 Å². The molecule has 158 valence electrons. The van der Waals surface area contributed by atoms with Crippen LogP contribution < -0.4 is 14.8 Å². The van der Waals surface area contributed by atoms with Crippen molar-refractivity contribution in [3.63, 3.8) is 0 Å². The standard InChI is InChI=1S/C20H25NO8/c1-19(2)26-13-14(27-19)16-18(29-20(3,4)28-16)25-15(13)17(22)21-10-5-6-11-12(9-10)24-8-7-23-11/h5-6,9,13-16,18H,7-8H2,1-4H3,(H,21,22)/t13-,14-,15+,16-,18+/m1/s1. The third-order valence-corrected chi connectivity index (χ3v) is 5.22. The maximum Gasteiger partial charge on any atom is 0.256 e. The number of carbonyl (C=O) groups excluding carboxylic acids is 1. The largest absolute Gasteiger partial charge is 0.486 e. The van der Waals surface area contributed by atoms with Gasteiger partial charge in [-0.1, -0.05) is 0 Å². The van der Waals surface area contributed by atoms with E-state index in [1.54, 1.807) is 45.9 Å². The van der Waals surface area contributed by atoms with Crippen LogP contribution in [0.3, 0.4) is 0 Å². The van der Waals surface area contributed by atoms with Gasteiger partial charge in [-0.2, -0.15) is 0 Å². The van der Waals surface area contributed by atoms with E-state index in [4.69, 9.17) is 33.2 Å². The Morgan fingerprint density at radius 2 is 1.55 bits per heavy atom. The van der Waals surface area contributed by atoms with E-state index in [1.807, 2.05) is 0 Å². The molecule has 5 rings (SSSR count). The number of anilines is 1. The SMILES string of the molecule is CC1(C)O[C@@H]2[C@@H](O1)[C@@H](C(=O)Nc1ccc3c(c1)OCCO3)O[C@H]1OC(C)(C)O[C@@H]12. The molecule has 0 aromatic heterocycles. The molecule has 0 saturated carbocycles. The average Bonchev–Trinajstić information content (AvgIpc) is 3.14. The highest BCUT2D eigenvalue weighted by molar-refractivity contribution is 5.95. The van der Waals surface area contributed by atoms with E-state index in [0.29, 0.717) is 30.4 Å². The molecule has 0 unspecified atom stereocenters. The molecule has 3 saturated heterocycles. The molecule has 3 fully saturated rings. The lowest BCUT2D eigenvalue weighted by Crippen LogP contribution is -2.58. The Kier molecular flexibility index (Phi) is 4.31. The van der Waals surface area contributed by atoms with E-state index in [-0.39, 0.29) is 5.91 Å². The van der Waals surface area contributed by atoms with Crippen molar-refractivity contribution in [2.24, 2.45) is 0 Å². The van der Waals surface area contributed by atoms with Gasteiger partial charge < -0.3 is 38.5 Å². The van der Waals surface area contributed by atoms with Gasteiger partial charge in [0.25, 0.3) is 5.91 Å². The summed E-state index contributed by atoms with van der Waals surface area (Å²) in [7, 11) is 0. The minimum absolute atomic E-state index is 0.357. The fourth-order valence-electron chi connectivity index (χ4n) is 4.16. The number of nitrogens with one attached hydrogen (secondary N) is 1. The van der Waals surface area contributed by atoms with Crippen LogP contribution in [0.1, 0.15) is 27.7 Å². The second kappa shape index (κ2) is 6.55. The maximum absolute atomic E-state index is 13.1. The first-order valence-corrected chi connectivity index (χ1v) is 9.78. The van der Waals surface area contributed by atoms with Crippen LogP contribution in [0, 0.1) is 0 Å². The van der Waals surface area contributed by atoms with E-state index in [2.05, 4.69) is 5.32 Å². The van der Waals surface area contributed by atoms with Gasteiger partial charge in [-0.05, 0) is 39.8 Å². The Hall–Kier alpha value is -1.91. The Balaban J connectivity index is 1.37. The highest BCUT2D eigenvalue weighted by Crippen LogP contribution is 2.44. The Morgan fingerprint density at radius 1 is 0.897 bits per heavy atom. The molecule has 0 radical (unpaired) electrons. The molecule has 9 heteroatoms. The zero-order valence-electron chi connectivity index (χ0n) is 16.8. The summed E-state index contributed by atoms with van der Waals surface area (Å²) in [5, 5.41) is 2.87. The van der Waals surface area contributed by atoms with Gasteiger partial charge in [0.15, 0.2) is 35.5 Å². The van der Waals surface area contributed by atoms with Crippen LogP contribution in [0.5, 0.6) is 11.5 Å². The number of hydrogen-bond donors (Lipinski definition) is 1. The van der Waals surface area contributed by atoms with Crippen molar-refractivity contribution < 1.29 is 38.0 Å². The third-order valence-electron chi connectivity index (χ3n) is 5.22. The van der Waals surface area contributed by atoms with Gasteiger partial charge >= 0.3 is 0 Å². The minimum Gasteiger partial charge on any atom is -0.486 e. The smallest absolute Gasteiger partial charge is 0.256 e. The summed E-state index contributed by atoms with van der Waals surface area (Å²) in [5.41, 5.74) is 0.573. The first-order valence-electron chi connectivity index (χ1n) is 9.78. The Labute approximate surface area is 168 Å². The van der Waals surface area contributed by atoms with Gasteiger partial charge in [-0.15, -0.1) is 0 Å². The summed E-state index contributed by atoms with van der Waals surface area (Å²) >= 11 is 0. The average molecular weight is 407 g/mol. The van der Waals surface area contributed by atoms with Crippen LogP contribution in [-0.2, 0) is 28.5 Å². The van der Waals surface area contributed by atoms with Crippen molar-refractivity contribution >= 4 is 11.6 Å². The van der Waals surface area contributed by atoms with E-state index in [9.17, 15) is 4.79 Å². The van der Waals surface area contributed by atoms with Gasteiger partial charge in [-0.3, -0.25) is 4.79 Å². The molecule has 9 nitrogen and oxygen atoms in total. The van der Waals surface area contributed by atoms with Crippen LogP contribution in [0.25, 0.3) is 0 Å². The molecule has 0 aliphatic carbocycles. The molecule has 5 atom stereocenters. The van der Waals surface area contributed by atoms with Crippen LogP contribution in [0.15, 0.2) is 18.2 Å². The number of carbonyl (C=O) groups is 1. The molecule has 1 aromatic rings. The lowest BCUT2D eigenvalue weighted by molar-refractivity contribution is -0.229. The number of benzene rings is 1. The summed E-state index contributed by atoms with van der Waals surface area (Å²) in [6, 6.07) is 5.24. The van der Waals surface area contributed by atoms with E-state index >= 15 is 0 Å². The van der Waals surface area contributed by atoms with Gasteiger partial charge in [0.05, 0.1) is 0 Å². The van der Waals surface area contributed by atoms with Gasteiger partial charge in [0.1, 0.15) is 31.5 Å². The van der Waals surface area contributed by atoms with Crippen molar-refractivity contribution in [3.8, 4) is 11.5 Å². The molecule has 29 heavy (non-hydrogen) atoms. The number of hydrogen-bond acceptors (Lipinski definition) is 8. The topological polar surface area (TPSA) is 93.7 Å². The predicted molar refractivity (Wildman–Crippen MR) is 98.6 cm³/mol. The number of ether oxygens (including phenoxy) is 7. The fourth-order valence-corrected chi connectivity index (χ4v) is 4.16. The molecule has 4 heterocycles. The van der Waals surface area contributed by atoms with E-state index < -0.39 is 42.3 Å². The van der Waals surface area contributed by atoms with Crippen LogP contribution in [0.4, 0.5) is 5.69 Å². The summed E-state index contributed by atoms with van der Waals surface area (Å²) in [6.07, 6.45) is -3.23. The van der Waals surface area contributed by atoms with Crippen LogP contribution in [0.2, 0.25) is 0 Å². The molecular formula is C20H25NO8. The first kappa shape index (κ1) is 19.1. The zero-order valence-corrected chi connectivity index (χ0v) is 16.8. The lowest BCUT2D eigenvalue weighted by atomic mass is 9.98. The highest BCUT2D eigenvalue weighted by atomic mass is 16.9. The summed E-state index contributed by atoms with van der Waals surface area (Å²) in [6.45, 7) is 8.18. The fraction of sp³-hybridized carbons (Fsp3) is 0.650. The highest BCUT2D eigenvalue weighted by Gasteiger charge is 2.62. The Morgan fingerprint density at radius 3 is 2.34 bits per heavy atom. The number of amides is 1. The van der Waals surface area contributed by atoms with Crippen LogP contribution in [-0.4, -0.2) is 61.4 Å². The van der Waals surface area contributed by atoms with Crippen molar-refractivity contribution in [2.75, 3.05) is 18.5 Å². The summed E-state index contributed by atoms with van der Waals surface area (Å²) in [4.78, 5) is 13.1. The molecule has 4 aliphatic heterocycles. The van der Waals surface area contributed by atoms with E-state index in [1.165, 1.54) is 0 Å². The molecule has 4 aliphatic rings. The monoisotopic (exact) mass is 407 g/mol. The van der Waals surface area contributed by atoms with Gasteiger partial charge in [0, 0.05) is 11.8 Å². The third kappa shape index (κ3) is 3.47. The molecule has 0 bridgehead atoms. The van der Waals surface area contributed by atoms with E-state index in [0.717, 1.165) is 0 Å². The number of rotatable bonds is 2. The van der Waals surface area contributed by atoms with Crippen LogP contribution >= 0.6 is 0 Å². The molecule has 0 spiro atoms. The minimum atomic E-state index is -0.922. The summed E-state index contributed by atoms with van der Waals surface area (Å²) < 4.78 is 40.9. The maximum atomic E-state index is 13.1. The quantitative estimate of drug-likeness (QED) is 0.793. The predicted octanol–water partition coefficient (Wildman–Crippen LogP) is 1.79. The molecule has 1 aromatic carbocycles. The van der Waals surface area contributed by atoms with Gasteiger partial charge in [-0.25, -0.2) is 0 Å². The molecule has 1 amide bonds. The van der Waals surface area contributed by atoms with Crippen molar-refractivity contribution in [2.45, 2.75) is 70.0 Å². The number of fused-ring (bicyclic) bond motifs is 4.